The summed E-state index contributed by atoms with van der Waals surface area (Å²) in [5.74, 6) is -2.71. The van der Waals surface area contributed by atoms with E-state index >= 15 is 0 Å². The van der Waals surface area contributed by atoms with Gasteiger partial charge in [-0.15, -0.1) is 0 Å². The lowest BCUT2D eigenvalue weighted by molar-refractivity contribution is -0.140. The molecular weight excluding hydrogens is 491 g/mol. The summed E-state index contributed by atoms with van der Waals surface area (Å²) < 4.78 is 18.5. The van der Waals surface area contributed by atoms with E-state index in [0.717, 1.165) is 0 Å². The van der Waals surface area contributed by atoms with Gasteiger partial charge in [-0.05, 0) is 47.9 Å². The summed E-state index contributed by atoms with van der Waals surface area (Å²) in [6.45, 7) is 3.39. The van der Waals surface area contributed by atoms with Crippen LogP contribution in [0.15, 0.2) is 83.4 Å². The van der Waals surface area contributed by atoms with E-state index in [-0.39, 0.29) is 11.7 Å². The molecule has 1 heterocycles. The van der Waals surface area contributed by atoms with Gasteiger partial charge in [0.2, 0.25) is 5.76 Å². The molecule has 0 unspecified atom stereocenters. The molecule has 0 fully saturated rings. The number of nitrogens with zero attached hydrogens (tertiary/aromatic N) is 1. The second-order valence-corrected chi connectivity index (χ2v) is 8.80. The maximum Gasteiger partial charge on any atom is 0.326 e. The third-order valence-corrected chi connectivity index (χ3v) is 5.70. The summed E-state index contributed by atoms with van der Waals surface area (Å²) in [4.78, 5) is 37.0. The van der Waals surface area contributed by atoms with Crippen molar-refractivity contribution in [2.24, 2.45) is 5.92 Å². The fourth-order valence-corrected chi connectivity index (χ4v) is 3.77. The molecule has 0 aliphatic rings. The van der Waals surface area contributed by atoms with Gasteiger partial charge in [-0.3, -0.25) is 4.79 Å². The van der Waals surface area contributed by atoms with Crippen molar-refractivity contribution in [2.75, 3.05) is 10.6 Å². The lowest BCUT2D eigenvalue weighted by Gasteiger charge is -2.17. The zero-order valence-corrected chi connectivity index (χ0v) is 20.6. The molecule has 0 bridgehead atoms. The van der Waals surface area contributed by atoms with Crippen LogP contribution in [0.1, 0.15) is 24.4 Å². The number of benzene rings is 3. The van der Waals surface area contributed by atoms with Crippen LogP contribution in [0.2, 0.25) is 0 Å². The van der Waals surface area contributed by atoms with Crippen LogP contribution in [-0.2, 0) is 4.79 Å². The number of anilines is 2. The summed E-state index contributed by atoms with van der Waals surface area (Å²) in [5, 5.41) is 21.4. The van der Waals surface area contributed by atoms with Gasteiger partial charge in [-0.1, -0.05) is 61.5 Å². The number of amides is 3. The predicted molar refractivity (Wildman–Crippen MR) is 140 cm³/mol. The van der Waals surface area contributed by atoms with E-state index in [1.807, 2.05) is 6.07 Å². The Labute approximate surface area is 217 Å². The molecule has 4 rings (SSSR count). The Bertz CT molecular complexity index is 1430. The van der Waals surface area contributed by atoms with E-state index in [0.29, 0.717) is 33.8 Å². The molecule has 4 N–H and O–H groups in total. The number of nitrogens with one attached hydrogen (secondary N) is 3. The van der Waals surface area contributed by atoms with Crippen LogP contribution in [0.4, 0.5) is 20.6 Å². The average molecular weight is 517 g/mol. The lowest BCUT2D eigenvalue weighted by Crippen LogP contribution is -2.44. The zero-order chi connectivity index (χ0) is 27.2. The minimum absolute atomic E-state index is 0.112. The fraction of sp³-hybridized carbons (Fsp3) is 0.143. The Morgan fingerprint density at radius 1 is 0.842 bits per heavy atom. The van der Waals surface area contributed by atoms with Gasteiger partial charge in [-0.25, -0.2) is 14.0 Å². The van der Waals surface area contributed by atoms with Gasteiger partial charge in [0, 0.05) is 16.9 Å². The molecule has 3 aromatic carbocycles. The van der Waals surface area contributed by atoms with Crippen LogP contribution < -0.4 is 16.0 Å². The molecule has 10 heteroatoms. The summed E-state index contributed by atoms with van der Waals surface area (Å²) >= 11 is 0. The first kappa shape index (κ1) is 26.1. The molecule has 9 nitrogen and oxygen atoms in total. The Hall–Kier alpha value is -4.99. The molecule has 1 aromatic heterocycles. The van der Waals surface area contributed by atoms with Crippen molar-refractivity contribution in [3.63, 3.8) is 0 Å². The third-order valence-electron chi connectivity index (χ3n) is 5.70. The van der Waals surface area contributed by atoms with Crippen molar-refractivity contribution in [1.29, 1.82) is 0 Å². The van der Waals surface area contributed by atoms with Gasteiger partial charge in [0.25, 0.3) is 5.91 Å². The summed E-state index contributed by atoms with van der Waals surface area (Å²) in [5.41, 5.74) is 2.97. The van der Waals surface area contributed by atoms with Crippen LogP contribution in [-0.4, -0.2) is 34.2 Å². The molecule has 38 heavy (non-hydrogen) atoms. The van der Waals surface area contributed by atoms with Crippen molar-refractivity contribution in [2.45, 2.75) is 19.9 Å². The first-order chi connectivity index (χ1) is 18.2. The van der Waals surface area contributed by atoms with Crippen LogP contribution in [0.25, 0.3) is 22.4 Å². The Balaban J connectivity index is 1.59. The van der Waals surface area contributed by atoms with E-state index in [9.17, 15) is 23.9 Å². The number of urea groups is 1. The molecule has 1 atom stereocenters. The Kier molecular flexibility index (Phi) is 7.81. The minimum atomic E-state index is -1.15. The molecule has 0 spiro atoms. The molecule has 0 radical (unpaired) electrons. The summed E-state index contributed by atoms with van der Waals surface area (Å²) in [6, 6.07) is 19.5. The highest BCUT2D eigenvalue weighted by Gasteiger charge is 2.29. The Morgan fingerprint density at radius 3 is 1.97 bits per heavy atom. The van der Waals surface area contributed by atoms with Crippen LogP contribution in [0.5, 0.6) is 0 Å². The first-order valence-corrected chi connectivity index (χ1v) is 11.8. The minimum Gasteiger partial charge on any atom is -0.480 e. The number of aliphatic carboxylic acids is 1. The monoisotopic (exact) mass is 516 g/mol. The van der Waals surface area contributed by atoms with Gasteiger partial charge >= 0.3 is 12.0 Å². The molecule has 3 amide bonds. The standard InChI is InChI=1S/C28H25FN4O5/c1-16(2)23(27(35)36)32-26(34)25-22(17-6-4-3-5-7-17)24(33-38-25)18-8-12-20(13-9-18)30-28(37)31-21-14-10-19(29)11-15-21/h3-16,23H,1-2H3,(H,32,34)(H,35,36)(H2,30,31,37)/t23-/m0/s1. The molecule has 0 aliphatic heterocycles. The smallest absolute Gasteiger partial charge is 0.326 e. The molecule has 0 aliphatic carbocycles. The van der Waals surface area contributed by atoms with Gasteiger partial charge < -0.3 is 25.6 Å². The number of hydrogen-bond donors (Lipinski definition) is 4. The van der Waals surface area contributed by atoms with Gasteiger partial charge in [0.1, 0.15) is 17.6 Å². The van der Waals surface area contributed by atoms with E-state index in [4.69, 9.17) is 4.52 Å². The second-order valence-electron chi connectivity index (χ2n) is 8.80. The van der Waals surface area contributed by atoms with Crippen molar-refractivity contribution < 1.29 is 28.4 Å². The first-order valence-electron chi connectivity index (χ1n) is 11.8. The maximum absolute atomic E-state index is 13.1. The number of aromatic nitrogens is 1. The average Bonchev–Trinajstić information content (AvgIpc) is 3.34. The van der Waals surface area contributed by atoms with Gasteiger partial charge in [0.15, 0.2) is 0 Å². The highest BCUT2D eigenvalue weighted by molar-refractivity contribution is 6.03. The molecule has 0 saturated heterocycles. The normalized spacial score (nSPS) is 11.6. The highest BCUT2D eigenvalue weighted by Crippen LogP contribution is 2.35. The number of carbonyl (C=O) groups excluding carboxylic acids is 2. The maximum atomic E-state index is 13.1. The highest BCUT2D eigenvalue weighted by atomic mass is 19.1. The van der Waals surface area contributed by atoms with Crippen molar-refractivity contribution in [3.05, 3.63) is 90.4 Å². The van der Waals surface area contributed by atoms with Crippen molar-refractivity contribution >= 4 is 29.3 Å². The number of rotatable bonds is 8. The van der Waals surface area contributed by atoms with Crippen molar-refractivity contribution in [3.8, 4) is 22.4 Å². The fourth-order valence-electron chi connectivity index (χ4n) is 3.77. The quantitative estimate of drug-likeness (QED) is 0.240. The van der Waals surface area contributed by atoms with Crippen LogP contribution in [0.3, 0.4) is 0 Å². The van der Waals surface area contributed by atoms with Gasteiger partial charge in [-0.2, -0.15) is 0 Å². The zero-order valence-electron chi connectivity index (χ0n) is 20.6. The molecule has 0 saturated carbocycles. The molecule has 194 valence electrons. The second kappa shape index (κ2) is 11.4. The summed E-state index contributed by atoms with van der Waals surface area (Å²) in [6.07, 6.45) is 0. The lowest BCUT2D eigenvalue weighted by atomic mass is 9.98. The van der Waals surface area contributed by atoms with E-state index in [2.05, 4.69) is 21.1 Å². The topological polar surface area (TPSA) is 134 Å². The SMILES string of the molecule is CC(C)[C@H](NC(=O)c1onc(-c2ccc(NC(=O)Nc3ccc(F)cc3)cc2)c1-c1ccccc1)C(=O)O. The van der Waals surface area contributed by atoms with E-state index in [1.165, 1.54) is 24.3 Å². The summed E-state index contributed by atoms with van der Waals surface area (Å²) in [7, 11) is 0. The third kappa shape index (κ3) is 6.04. The van der Waals surface area contributed by atoms with Crippen LogP contribution in [0, 0.1) is 11.7 Å². The number of halogens is 1. The molecule has 4 aromatic rings. The van der Waals surface area contributed by atoms with Gasteiger partial charge in [0.05, 0.1) is 5.56 Å². The van der Waals surface area contributed by atoms with Crippen molar-refractivity contribution in [1.82, 2.24) is 10.5 Å². The van der Waals surface area contributed by atoms with Crippen LogP contribution >= 0.6 is 0 Å². The number of carboxylic acid groups (broad SMARTS) is 1. The van der Waals surface area contributed by atoms with E-state index in [1.54, 1.807) is 62.4 Å². The van der Waals surface area contributed by atoms with E-state index < -0.39 is 29.8 Å². The Morgan fingerprint density at radius 2 is 1.42 bits per heavy atom. The number of carbonyl (C=O) groups is 3. The molecular formula is C28H25FN4O5. The predicted octanol–water partition coefficient (Wildman–Crippen LogP) is 5.63. The number of hydrogen-bond acceptors (Lipinski definition) is 5. The largest absolute Gasteiger partial charge is 0.480 e. The number of carboxylic acids is 1.